The zero-order chi connectivity index (χ0) is 16.2. The number of benzene rings is 2. The molecule has 0 atom stereocenters. The third-order valence-corrected chi connectivity index (χ3v) is 4.21. The number of nitrogens with one attached hydrogen (secondary N) is 1. The smallest absolute Gasteiger partial charge is 0.254 e. The third kappa shape index (κ3) is 3.26. The van der Waals surface area contributed by atoms with Crippen molar-refractivity contribution in [1.82, 2.24) is 10.2 Å². The van der Waals surface area contributed by atoms with Crippen LogP contribution in [0.1, 0.15) is 38.8 Å². The van der Waals surface area contributed by atoms with E-state index in [0.717, 1.165) is 36.2 Å². The monoisotopic (exact) mass is 308 g/mol. The Hall–Kier alpha value is -2.62. The van der Waals surface area contributed by atoms with Crippen molar-refractivity contribution in [1.29, 1.82) is 0 Å². The zero-order valence-corrected chi connectivity index (χ0v) is 13.2. The van der Waals surface area contributed by atoms with Crippen molar-refractivity contribution in [3.63, 3.8) is 0 Å². The Bertz CT molecular complexity index is 725. The molecule has 0 aliphatic carbocycles. The van der Waals surface area contributed by atoms with E-state index >= 15 is 0 Å². The molecule has 4 nitrogen and oxygen atoms in total. The van der Waals surface area contributed by atoms with E-state index in [0.29, 0.717) is 12.1 Å². The molecule has 0 bridgehead atoms. The molecule has 0 unspecified atom stereocenters. The van der Waals surface area contributed by atoms with Crippen LogP contribution in [0.15, 0.2) is 48.5 Å². The van der Waals surface area contributed by atoms with Gasteiger partial charge in [0.1, 0.15) is 0 Å². The molecule has 118 valence electrons. The van der Waals surface area contributed by atoms with Crippen LogP contribution in [0.4, 0.5) is 0 Å². The number of amides is 2. The second kappa shape index (κ2) is 6.65. The highest BCUT2D eigenvalue weighted by Crippen LogP contribution is 2.20. The van der Waals surface area contributed by atoms with Crippen LogP contribution in [-0.2, 0) is 13.0 Å². The van der Waals surface area contributed by atoms with Gasteiger partial charge in [-0.25, -0.2) is 0 Å². The summed E-state index contributed by atoms with van der Waals surface area (Å²) in [7, 11) is 0. The lowest BCUT2D eigenvalue weighted by molar-refractivity contribution is 0.0748. The highest BCUT2D eigenvalue weighted by molar-refractivity contribution is 5.99. The summed E-state index contributed by atoms with van der Waals surface area (Å²) in [4.78, 5) is 26.4. The van der Waals surface area contributed by atoms with Crippen LogP contribution in [0.25, 0.3) is 0 Å². The molecule has 23 heavy (non-hydrogen) atoms. The van der Waals surface area contributed by atoms with Gasteiger partial charge in [-0.05, 0) is 42.7 Å². The predicted molar refractivity (Wildman–Crippen MR) is 89.3 cm³/mol. The van der Waals surface area contributed by atoms with Gasteiger partial charge in [0, 0.05) is 30.8 Å². The van der Waals surface area contributed by atoms with Gasteiger partial charge in [-0.1, -0.05) is 30.3 Å². The lowest BCUT2D eigenvalue weighted by atomic mass is 9.96. The highest BCUT2D eigenvalue weighted by Gasteiger charge is 2.23. The maximum Gasteiger partial charge on any atom is 0.254 e. The van der Waals surface area contributed by atoms with Crippen molar-refractivity contribution in [3.8, 4) is 0 Å². The molecule has 2 aromatic carbocycles. The van der Waals surface area contributed by atoms with Gasteiger partial charge in [0.25, 0.3) is 11.8 Å². The molecule has 4 heteroatoms. The summed E-state index contributed by atoms with van der Waals surface area (Å²) in [5.74, 6) is -0.0491. The lowest BCUT2D eigenvalue weighted by Gasteiger charge is -2.27. The Balaban J connectivity index is 1.72. The molecule has 0 spiro atoms. The number of hydrogen-bond acceptors (Lipinski definition) is 2. The fourth-order valence-electron chi connectivity index (χ4n) is 2.86. The summed E-state index contributed by atoms with van der Waals surface area (Å²) >= 11 is 0. The summed E-state index contributed by atoms with van der Waals surface area (Å²) in [6.07, 6.45) is 0.800. The first-order valence-electron chi connectivity index (χ1n) is 7.93. The maximum atomic E-state index is 12.3. The standard InChI is InChI=1S/C19H20N2O2/c1-2-21-11-10-15-12-16(8-9-17(15)19(21)23)18(22)20-13-14-6-4-3-5-7-14/h3-9,12H,2,10-11,13H2,1H3,(H,20,22). The van der Waals surface area contributed by atoms with Gasteiger partial charge >= 0.3 is 0 Å². The second-order valence-electron chi connectivity index (χ2n) is 5.68. The Kier molecular flexibility index (Phi) is 4.42. The van der Waals surface area contributed by atoms with E-state index < -0.39 is 0 Å². The van der Waals surface area contributed by atoms with Gasteiger partial charge in [-0.2, -0.15) is 0 Å². The molecule has 1 N–H and O–H groups in total. The quantitative estimate of drug-likeness (QED) is 0.944. The minimum Gasteiger partial charge on any atom is -0.348 e. The van der Waals surface area contributed by atoms with Gasteiger partial charge in [0.2, 0.25) is 0 Å². The summed E-state index contributed by atoms with van der Waals surface area (Å²) in [6, 6.07) is 15.2. The molecule has 3 rings (SSSR count). The Labute approximate surface area is 136 Å². The van der Waals surface area contributed by atoms with Crippen molar-refractivity contribution < 1.29 is 9.59 Å². The van der Waals surface area contributed by atoms with E-state index in [9.17, 15) is 9.59 Å². The van der Waals surface area contributed by atoms with Crippen LogP contribution >= 0.6 is 0 Å². The predicted octanol–water partition coefficient (Wildman–Crippen LogP) is 2.63. The summed E-state index contributed by atoms with van der Waals surface area (Å²) in [6.45, 7) is 3.92. The van der Waals surface area contributed by atoms with E-state index in [1.165, 1.54) is 0 Å². The molecule has 0 saturated carbocycles. The fourth-order valence-corrected chi connectivity index (χ4v) is 2.86. The molecule has 1 aliphatic heterocycles. The number of carbonyl (C=O) groups excluding carboxylic acids is 2. The van der Waals surface area contributed by atoms with E-state index in [2.05, 4.69) is 5.32 Å². The van der Waals surface area contributed by atoms with Gasteiger partial charge in [0.05, 0.1) is 0 Å². The molecule has 0 radical (unpaired) electrons. The number of fused-ring (bicyclic) bond motifs is 1. The van der Waals surface area contributed by atoms with Crippen LogP contribution < -0.4 is 5.32 Å². The SMILES string of the molecule is CCN1CCc2cc(C(=O)NCc3ccccc3)ccc2C1=O. The Morgan fingerprint density at radius 3 is 2.70 bits per heavy atom. The summed E-state index contributed by atoms with van der Waals surface area (Å²) < 4.78 is 0. The molecule has 0 fully saturated rings. The largest absolute Gasteiger partial charge is 0.348 e. The highest BCUT2D eigenvalue weighted by atomic mass is 16.2. The number of rotatable bonds is 4. The van der Waals surface area contributed by atoms with Crippen molar-refractivity contribution in [2.45, 2.75) is 19.9 Å². The van der Waals surface area contributed by atoms with Crippen molar-refractivity contribution in [2.24, 2.45) is 0 Å². The van der Waals surface area contributed by atoms with E-state index in [-0.39, 0.29) is 11.8 Å². The minimum atomic E-state index is -0.109. The molecule has 2 aromatic rings. The van der Waals surface area contributed by atoms with E-state index in [4.69, 9.17) is 0 Å². The molecule has 0 saturated heterocycles. The zero-order valence-electron chi connectivity index (χ0n) is 13.2. The van der Waals surface area contributed by atoms with Crippen LogP contribution in [-0.4, -0.2) is 29.8 Å². The fraction of sp³-hybridized carbons (Fsp3) is 0.263. The van der Waals surface area contributed by atoms with Gasteiger partial charge in [-0.15, -0.1) is 0 Å². The second-order valence-corrected chi connectivity index (χ2v) is 5.68. The molecule has 0 aromatic heterocycles. The van der Waals surface area contributed by atoms with Crippen LogP contribution in [0, 0.1) is 0 Å². The van der Waals surface area contributed by atoms with Crippen molar-refractivity contribution in [2.75, 3.05) is 13.1 Å². The molecule has 2 amide bonds. The van der Waals surface area contributed by atoms with Gasteiger partial charge in [-0.3, -0.25) is 9.59 Å². The van der Waals surface area contributed by atoms with E-state index in [1.54, 1.807) is 12.1 Å². The average molecular weight is 308 g/mol. The van der Waals surface area contributed by atoms with Gasteiger partial charge in [0.15, 0.2) is 0 Å². The molecule has 1 aliphatic rings. The maximum absolute atomic E-state index is 12.3. The molecule has 1 heterocycles. The number of carbonyl (C=O) groups is 2. The van der Waals surface area contributed by atoms with Crippen molar-refractivity contribution in [3.05, 3.63) is 70.8 Å². The topological polar surface area (TPSA) is 49.4 Å². The summed E-state index contributed by atoms with van der Waals surface area (Å²) in [5.41, 5.74) is 3.36. The normalized spacial score (nSPS) is 13.6. The van der Waals surface area contributed by atoms with Crippen LogP contribution in [0.2, 0.25) is 0 Å². The van der Waals surface area contributed by atoms with Crippen LogP contribution in [0.5, 0.6) is 0 Å². The number of likely N-dealkylation sites (N-methyl/N-ethyl adjacent to an activating group) is 1. The Morgan fingerprint density at radius 1 is 1.17 bits per heavy atom. The first kappa shape index (κ1) is 15.3. The Morgan fingerprint density at radius 2 is 1.96 bits per heavy atom. The van der Waals surface area contributed by atoms with E-state index in [1.807, 2.05) is 48.2 Å². The number of nitrogens with zero attached hydrogens (tertiary/aromatic N) is 1. The third-order valence-electron chi connectivity index (χ3n) is 4.21. The first-order valence-corrected chi connectivity index (χ1v) is 7.93. The average Bonchev–Trinajstić information content (AvgIpc) is 2.60. The van der Waals surface area contributed by atoms with Crippen LogP contribution in [0.3, 0.4) is 0 Å². The lowest BCUT2D eigenvalue weighted by Crippen LogP contribution is -2.37. The van der Waals surface area contributed by atoms with Crippen molar-refractivity contribution >= 4 is 11.8 Å². The summed E-state index contributed by atoms with van der Waals surface area (Å²) in [5, 5.41) is 2.92. The number of hydrogen-bond donors (Lipinski definition) is 1. The molecular formula is C19H20N2O2. The molecular weight excluding hydrogens is 288 g/mol. The minimum absolute atomic E-state index is 0.0602. The van der Waals surface area contributed by atoms with Gasteiger partial charge < -0.3 is 10.2 Å². The first-order chi connectivity index (χ1) is 11.2.